The summed E-state index contributed by atoms with van der Waals surface area (Å²) < 4.78 is 0. The minimum atomic E-state index is -1.26. The molecule has 0 amide bonds. The van der Waals surface area contributed by atoms with E-state index in [9.17, 15) is 4.79 Å². The van der Waals surface area contributed by atoms with Crippen LogP contribution in [0.15, 0.2) is 24.8 Å². The normalized spacial score (nSPS) is 12.9. The first-order chi connectivity index (χ1) is 7.18. The summed E-state index contributed by atoms with van der Waals surface area (Å²) in [6.45, 7) is 3.65. The lowest BCUT2D eigenvalue weighted by molar-refractivity contribution is -0.146. The van der Waals surface area contributed by atoms with Crippen LogP contribution in [0, 0.1) is 0 Å². The van der Waals surface area contributed by atoms with Gasteiger partial charge in [0.15, 0.2) is 6.10 Å². The van der Waals surface area contributed by atoms with Crippen molar-refractivity contribution in [3.05, 3.63) is 24.8 Å². The number of aliphatic hydroxyl groups excluding tert-OH is 1. The summed E-state index contributed by atoms with van der Waals surface area (Å²) in [7, 11) is 0. The van der Waals surface area contributed by atoms with Crippen LogP contribution in [0.4, 0.5) is 0 Å². The molecule has 1 atom stereocenters. The van der Waals surface area contributed by atoms with E-state index in [2.05, 4.69) is 6.58 Å². The Kier molecular flexibility index (Phi) is 8.78. The van der Waals surface area contributed by atoms with Crippen LogP contribution in [0.5, 0.6) is 0 Å². The molecule has 0 aromatic carbocycles. The molecule has 0 radical (unpaired) electrons. The standard InChI is InChI=1S/C12H20O3/c1-2-3-4-5-6-7-8-9-10-11(13)12(14)15/h2,8-9,11,13H,1,3-7,10H2,(H,14,15)/b9-8+. The molecule has 0 spiro atoms. The number of unbranched alkanes of at least 4 members (excludes halogenated alkanes) is 4. The Morgan fingerprint density at radius 3 is 2.47 bits per heavy atom. The van der Waals surface area contributed by atoms with Gasteiger partial charge < -0.3 is 10.2 Å². The van der Waals surface area contributed by atoms with Crippen molar-refractivity contribution in [2.24, 2.45) is 0 Å². The lowest BCUT2D eigenvalue weighted by Gasteiger charge is -1.99. The van der Waals surface area contributed by atoms with E-state index in [1.807, 2.05) is 12.2 Å². The molecule has 0 aliphatic rings. The largest absolute Gasteiger partial charge is 0.479 e. The molecule has 0 heterocycles. The second-order valence-corrected chi connectivity index (χ2v) is 3.49. The molecule has 0 saturated heterocycles. The van der Waals surface area contributed by atoms with E-state index in [-0.39, 0.29) is 6.42 Å². The second-order valence-electron chi connectivity index (χ2n) is 3.49. The summed E-state index contributed by atoms with van der Waals surface area (Å²) in [5, 5.41) is 17.3. The number of aliphatic hydroxyl groups is 1. The molecule has 0 aromatic rings. The number of rotatable bonds is 9. The summed E-state index contributed by atoms with van der Waals surface area (Å²) in [6.07, 6.45) is 9.95. The number of aliphatic carboxylic acids is 1. The Labute approximate surface area is 91.1 Å². The summed E-state index contributed by atoms with van der Waals surface area (Å²) >= 11 is 0. The van der Waals surface area contributed by atoms with Crippen LogP contribution in [0.3, 0.4) is 0 Å². The van der Waals surface area contributed by atoms with Gasteiger partial charge in [0.1, 0.15) is 0 Å². The van der Waals surface area contributed by atoms with E-state index >= 15 is 0 Å². The zero-order valence-electron chi connectivity index (χ0n) is 9.06. The van der Waals surface area contributed by atoms with E-state index in [0.717, 1.165) is 32.1 Å². The smallest absolute Gasteiger partial charge is 0.332 e. The van der Waals surface area contributed by atoms with Gasteiger partial charge in [0.2, 0.25) is 0 Å². The third-order valence-electron chi connectivity index (χ3n) is 2.09. The molecule has 1 unspecified atom stereocenters. The lowest BCUT2D eigenvalue weighted by Crippen LogP contribution is -2.17. The van der Waals surface area contributed by atoms with Crippen molar-refractivity contribution in [2.45, 2.75) is 44.6 Å². The van der Waals surface area contributed by atoms with Gasteiger partial charge in [0.05, 0.1) is 0 Å². The number of hydrogen-bond donors (Lipinski definition) is 2. The highest BCUT2D eigenvalue weighted by atomic mass is 16.4. The first-order valence-electron chi connectivity index (χ1n) is 5.35. The van der Waals surface area contributed by atoms with Gasteiger partial charge in [-0.15, -0.1) is 6.58 Å². The van der Waals surface area contributed by atoms with Crippen molar-refractivity contribution < 1.29 is 15.0 Å². The van der Waals surface area contributed by atoms with Gasteiger partial charge in [-0.05, 0) is 25.7 Å². The quantitative estimate of drug-likeness (QED) is 0.456. The van der Waals surface area contributed by atoms with Crippen molar-refractivity contribution in [1.82, 2.24) is 0 Å². The average Bonchev–Trinajstić information content (AvgIpc) is 2.21. The van der Waals surface area contributed by atoms with E-state index in [0.29, 0.717) is 0 Å². The summed E-state index contributed by atoms with van der Waals surface area (Å²) in [6, 6.07) is 0. The van der Waals surface area contributed by atoms with E-state index in [4.69, 9.17) is 10.2 Å². The highest BCUT2D eigenvalue weighted by molar-refractivity contribution is 5.72. The van der Waals surface area contributed by atoms with Crippen molar-refractivity contribution in [1.29, 1.82) is 0 Å². The Hall–Kier alpha value is -1.09. The fourth-order valence-corrected chi connectivity index (χ4v) is 1.17. The molecular weight excluding hydrogens is 192 g/mol. The van der Waals surface area contributed by atoms with E-state index < -0.39 is 12.1 Å². The molecule has 0 aromatic heterocycles. The minimum Gasteiger partial charge on any atom is -0.479 e. The van der Waals surface area contributed by atoms with Gasteiger partial charge in [-0.2, -0.15) is 0 Å². The van der Waals surface area contributed by atoms with Crippen molar-refractivity contribution in [2.75, 3.05) is 0 Å². The highest BCUT2D eigenvalue weighted by Gasteiger charge is 2.09. The SMILES string of the molecule is C=CCCCCC/C=C/CC(O)C(=O)O. The van der Waals surface area contributed by atoms with Gasteiger partial charge in [-0.3, -0.25) is 0 Å². The molecule has 15 heavy (non-hydrogen) atoms. The van der Waals surface area contributed by atoms with Crippen LogP contribution in [0.1, 0.15) is 38.5 Å². The van der Waals surface area contributed by atoms with Gasteiger partial charge in [-0.25, -0.2) is 4.79 Å². The fraction of sp³-hybridized carbons (Fsp3) is 0.583. The zero-order chi connectivity index (χ0) is 11.5. The number of carboxylic acids is 1. The fourth-order valence-electron chi connectivity index (χ4n) is 1.17. The molecule has 0 fully saturated rings. The Balaban J connectivity index is 3.31. The topological polar surface area (TPSA) is 57.5 Å². The molecule has 3 heteroatoms. The first-order valence-corrected chi connectivity index (χ1v) is 5.35. The van der Waals surface area contributed by atoms with Crippen LogP contribution in [-0.4, -0.2) is 22.3 Å². The van der Waals surface area contributed by atoms with Gasteiger partial charge in [-0.1, -0.05) is 24.6 Å². The van der Waals surface area contributed by atoms with Crippen LogP contribution >= 0.6 is 0 Å². The van der Waals surface area contributed by atoms with Crippen LogP contribution in [0.2, 0.25) is 0 Å². The van der Waals surface area contributed by atoms with Crippen LogP contribution in [0.25, 0.3) is 0 Å². The third kappa shape index (κ3) is 9.22. The zero-order valence-corrected chi connectivity index (χ0v) is 9.06. The third-order valence-corrected chi connectivity index (χ3v) is 2.09. The molecule has 3 nitrogen and oxygen atoms in total. The lowest BCUT2D eigenvalue weighted by atomic mass is 10.1. The maximum Gasteiger partial charge on any atom is 0.332 e. The Morgan fingerprint density at radius 2 is 1.87 bits per heavy atom. The predicted molar refractivity (Wildman–Crippen MR) is 60.7 cm³/mol. The maximum absolute atomic E-state index is 10.2. The van der Waals surface area contributed by atoms with Crippen molar-refractivity contribution >= 4 is 5.97 Å². The van der Waals surface area contributed by atoms with Crippen molar-refractivity contribution in [3.8, 4) is 0 Å². The molecular formula is C12H20O3. The maximum atomic E-state index is 10.2. The summed E-state index contributed by atoms with van der Waals surface area (Å²) in [4.78, 5) is 10.2. The molecule has 0 rings (SSSR count). The molecule has 0 aliphatic carbocycles. The molecule has 0 saturated carbocycles. The molecule has 86 valence electrons. The number of hydrogen-bond acceptors (Lipinski definition) is 2. The van der Waals surface area contributed by atoms with Crippen LogP contribution < -0.4 is 0 Å². The molecule has 0 bridgehead atoms. The Morgan fingerprint density at radius 1 is 1.20 bits per heavy atom. The highest BCUT2D eigenvalue weighted by Crippen LogP contribution is 2.04. The minimum absolute atomic E-state index is 0.196. The predicted octanol–water partition coefficient (Wildman–Crippen LogP) is 2.51. The van der Waals surface area contributed by atoms with E-state index in [1.54, 1.807) is 6.08 Å². The summed E-state index contributed by atoms with van der Waals surface area (Å²) in [5.41, 5.74) is 0. The van der Waals surface area contributed by atoms with Gasteiger partial charge >= 0.3 is 5.97 Å². The Bertz CT molecular complexity index is 209. The van der Waals surface area contributed by atoms with Gasteiger partial charge in [0, 0.05) is 6.42 Å². The number of carbonyl (C=O) groups is 1. The molecule has 0 aliphatic heterocycles. The molecule has 2 N–H and O–H groups in total. The van der Waals surface area contributed by atoms with Crippen LogP contribution in [-0.2, 0) is 4.79 Å². The second kappa shape index (κ2) is 9.46. The number of allylic oxidation sites excluding steroid dienone is 2. The monoisotopic (exact) mass is 212 g/mol. The average molecular weight is 212 g/mol. The van der Waals surface area contributed by atoms with E-state index in [1.165, 1.54) is 0 Å². The number of carboxylic acid groups (broad SMARTS) is 1. The van der Waals surface area contributed by atoms with Gasteiger partial charge in [0.25, 0.3) is 0 Å². The first kappa shape index (κ1) is 13.9. The summed E-state index contributed by atoms with van der Waals surface area (Å²) in [5.74, 6) is -1.16. The van der Waals surface area contributed by atoms with Crippen molar-refractivity contribution in [3.63, 3.8) is 0 Å².